The van der Waals surface area contributed by atoms with Gasteiger partial charge in [-0.25, -0.2) is 0 Å². The Morgan fingerprint density at radius 3 is 2.28 bits per heavy atom. The number of piperidine rings is 1. The average Bonchev–Trinajstić information content (AvgIpc) is 3.19. The summed E-state index contributed by atoms with van der Waals surface area (Å²) in [6.07, 6.45) is -2.79. The van der Waals surface area contributed by atoms with Gasteiger partial charge >= 0.3 is 0 Å². The molecule has 14 atom stereocenters. The fourth-order valence-electron chi connectivity index (χ4n) is 10.3. The lowest BCUT2D eigenvalue weighted by molar-refractivity contribution is -0.329. The van der Waals surface area contributed by atoms with Gasteiger partial charge in [-0.1, -0.05) is 6.92 Å². The lowest BCUT2D eigenvalue weighted by atomic mass is 9.44. The number of nitrogens with zero attached hydrogens (tertiary/aromatic N) is 1. The Hall–Kier alpha value is -0.360. The minimum atomic E-state index is -1.78. The summed E-state index contributed by atoms with van der Waals surface area (Å²) in [5.74, 6) is -1.35. The zero-order valence-corrected chi connectivity index (χ0v) is 19.2. The van der Waals surface area contributed by atoms with Gasteiger partial charge < -0.3 is 39.7 Å². The van der Waals surface area contributed by atoms with Crippen LogP contribution in [-0.2, 0) is 14.2 Å². The summed E-state index contributed by atoms with van der Waals surface area (Å²) in [4.78, 5) is 1.96. The molecule has 5 aliphatic carbocycles. The zero-order chi connectivity index (χ0) is 23.0. The van der Waals surface area contributed by atoms with E-state index in [1.54, 1.807) is 14.2 Å². The maximum atomic E-state index is 12.7. The highest BCUT2D eigenvalue weighted by Crippen LogP contribution is 2.78. The van der Waals surface area contributed by atoms with Gasteiger partial charge in [0.25, 0.3) is 0 Å². The summed E-state index contributed by atoms with van der Waals surface area (Å²) in [6, 6.07) is -0.615. The first kappa shape index (κ1) is 22.1. The van der Waals surface area contributed by atoms with Gasteiger partial charge in [0, 0.05) is 63.9 Å². The standard InChI is InChI=1S/C23H37NO8/c1-5-24-9-20(27)13(25)7-14(26)22-11-6-10-12(30-2)8-21(28,15(11)16(10)31-3)23(29,19(22)24)18(32-4)17(20)22/h10-19,25-29H,5-9H2,1-4H3/t10-,11-,12+,13-,14+,15-,16+,17-,18+,19+,20+,21-,22+,23+/m1/s1. The van der Waals surface area contributed by atoms with Gasteiger partial charge in [0.2, 0.25) is 0 Å². The molecule has 6 rings (SSSR count). The van der Waals surface area contributed by atoms with Crippen LogP contribution in [-0.4, -0.2) is 118 Å². The molecule has 1 saturated heterocycles. The number of likely N-dealkylation sites (tertiary alicyclic amines) is 1. The van der Waals surface area contributed by atoms with Crippen LogP contribution in [0.2, 0.25) is 0 Å². The van der Waals surface area contributed by atoms with E-state index in [1.807, 2.05) is 11.8 Å². The topological polar surface area (TPSA) is 132 Å². The second kappa shape index (κ2) is 6.44. The van der Waals surface area contributed by atoms with Crippen molar-refractivity contribution in [2.24, 2.45) is 29.1 Å². The van der Waals surface area contributed by atoms with Gasteiger partial charge in [-0.3, -0.25) is 4.90 Å². The van der Waals surface area contributed by atoms with Crippen molar-refractivity contribution in [3.05, 3.63) is 0 Å². The molecular formula is C23H37NO8. The van der Waals surface area contributed by atoms with Gasteiger partial charge in [-0.2, -0.15) is 0 Å². The lowest BCUT2D eigenvalue weighted by Crippen LogP contribution is -2.83. The van der Waals surface area contributed by atoms with E-state index < -0.39 is 58.4 Å². The van der Waals surface area contributed by atoms with Gasteiger partial charge in [-0.15, -0.1) is 0 Å². The molecule has 5 N–H and O–H groups in total. The van der Waals surface area contributed by atoms with Crippen molar-refractivity contribution in [3.63, 3.8) is 0 Å². The van der Waals surface area contributed by atoms with Crippen LogP contribution in [0.1, 0.15) is 26.2 Å². The first-order chi connectivity index (χ1) is 15.1. The number of aliphatic hydroxyl groups excluding tert-OH is 2. The Labute approximate surface area is 188 Å². The van der Waals surface area contributed by atoms with Crippen LogP contribution in [0.4, 0.5) is 0 Å². The predicted octanol–water partition coefficient (Wildman–Crippen LogP) is -1.66. The van der Waals surface area contributed by atoms with E-state index in [-0.39, 0.29) is 43.4 Å². The fourth-order valence-corrected chi connectivity index (χ4v) is 10.3. The normalized spacial score (nSPS) is 64.8. The average molecular weight is 456 g/mol. The maximum Gasteiger partial charge on any atom is 0.136 e. The van der Waals surface area contributed by atoms with E-state index in [4.69, 9.17) is 14.2 Å². The van der Waals surface area contributed by atoms with Gasteiger partial charge in [0.1, 0.15) is 16.8 Å². The maximum absolute atomic E-state index is 12.7. The van der Waals surface area contributed by atoms with Crippen molar-refractivity contribution in [1.29, 1.82) is 0 Å². The SMILES string of the molecule is CCN1C[C@]2(O)[C@H](O)C[C@H](O)[C@@]34[C@@H]5C[C@H]6[C@H](OC)[C@@H]5[C@](O)(C[C@@H]6OC)[C@](O)([C@@H](OC)[C@H]23)[C@@H]14. The highest BCUT2D eigenvalue weighted by Gasteiger charge is 2.92. The predicted molar refractivity (Wildman–Crippen MR) is 111 cm³/mol. The second-order valence-electron chi connectivity index (χ2n) is 11.3. The number of ether oxygens (including phenoxy) is 3. The number of likely N-dealkylation sites (N-methyl/N-ethyl adjacent to an activating group) is 1. The van der Waals surface area contributed by atoms with E-state index in [1.165, 1.54) is 7.11 Å². The van der Waals surface area contributed by atoms with Gasteiger partial charge in [0.15, 0.2) is 0 Å². The van der Waals surface area contributed by atoms with Gasteiger partial charge in [0.05, 0.1) is 36.6 Å². The molecule has 9 heteroatoms. The van der Waals surface area contributed by atoms with Crippen molar-refractivity contribution in [2.75, 3.05) is 34.4 Å². The Balaban J connectivity index is 1.68. The Morgan fingerprint density at radius 1 is 0.969 bits per heavy atom. The number of rotatable bonds is 4. The molecule has 5 saturated carbocycles. The molecule has 9 nitrogen and oxygen atoms in total. The van der Waals surface area contributed by atoms with Crippen LogP contribution in [0.15, 0.2) is 0 Å². The molecule has 7 bridgehead atoms. The summed E-state index contributed by atoms with van der Waals surface area (Å²) in [5, 5.41) is 60.0. The molecule has 0 radical (unpaired) electrons. The van der Waals surface area contributed by atoms with E-state index >= 15 is 0 Å². The molecule has 6 fully saturated rings. The third-order valence-corrected chi connectivity index (χ3v) is 11.0. The van der Waals surface area contributed by atoms with E-state index in [9.17, 15) is 25.5 Å². The number of β-amino-alcohol motifs (C(OH)–C–C–N with tert-alkyl or cyclic N) is 1. The zero-order valence-electron chi connectivity index (χ0n) is 19.2. The van der Waals surface area contributed by atoms with Crippen molar-refractivity contribution < 1.29 is 39.7 Å². The highest BCUT2D eigenvalue weighted by atomic mass is 16.5. The summed E-state index contributed by atoms with van der Waals surface area (Å²) in [6.45, 7) is 2.60. The lowest BCUT2D eigenvalue weighted by Gasteiger charge is -2.69. The quantitative estimate of drug-likeness (QED) is 0.338. The summed E-state index contributed by atoms with van der Waals surface area (Å²) in [7, 11) is 4.73. The van der Waals surface area contributed by atoms with Crippen LogP contribution in [0.25, 0.3) is 0 Å². The number of hydrogen-bond acceptors (Lipinski definition) is 9. The van der Waals surface area contributed by atoms with Crippen LogP contribution in [0, 0.1) is 29.1 Å². The van der Waals surface area contributed by atoms with Crippen molar-refractivity contribution >= 4 is 0 Å². The molecule has 0 unspecified atom stereocenters. The molecule has 182 valence electrons. The summed E-state index contributed by atoms with van der Waals surface area (Å²) in [5.41, 5.74) is -5.87. The smallest absolute Gasteiger partial charge is 0.136 e. The van der Waals surface area contributed by atoms with E-state index in [2.05, 4.69) is 0 Å². The molecule has 1 aliphatic heterocycles. The molecule has 0 amide bonds. The molecular weight excluding hydrogens is 418 g/mol. The molecule has 32 heavy (non-hydrogen) atoms. The minimum Gasteiger partial charge on any atom is -0.392 e. The second-order valence-corrected chi connectivity index (χ2v) is 11.3. The van der Waals surface area contributed by atoms with Gasteiger partial charge in [-0.05, 0) is 18.9 Å². The molecule has 6 aliphatic rings. The minimum absolute atomic E-state index is 0.0153. The summed E-state index contributed by atoms with van der Waals surface area (Å²) >= 11 is 0. The third-order valence-electron chi connectivity index (χ3n) is 11.0. The molecule has 0 aromatic heterocycles. The highest BCUT2D eigenvalue weighted by molar-refractivity contribution is 5.42. The number of methoxy groups -OCH3 is 3. The van der Waals surface area contributed by atoms with Crippen molar-refractivity contribution in [3.8, 4) is 0 Å². The number of hydrogen-bond donors (Lipinski definition) is 5. The van der Waals surface area contributed by atoms with Crippen LogP contribution in [0.5, 0.6) is 0 Å². The molecule has 1 heterocycles. The molecule has 0 aromatic carbocycles. The van der Waals surface area contributed by atoms with Crippen molar-refractivity contribution in [2.45, 2.75) is 79.6 Å². The fraction of sp³-hybridized carbons (Fsp3) is 1.00. The van der Waals surface area contributed by atoms with Crippen molar-refractivity contribution in [1.82, 2.24) is 4.90 Å². The molecule has 0 aromatic rings. The summed E-state index contributed by atoms with van der Waals surface area (Å²) < 4.78 is 17.7. The van der Waals surface area contributed by atoms with E-state index in [0.29, 0.717) is 13.0 Å². The Morgan fingerprint density at radius 2 is 1.69 bits per heavy atom. The first-order valence-electron chi connectivity index (χ1n) is 12.0. The Bertz CT molecular complexity index is 815. The first-order valence-corrected chi connectivity index (χ1v) is 12.0. The Kier molecular flexibility index (Phi) is 4.45. The monoisotopic (exact) mass is 455 g/mol. The van der Waals surface area contributed by atoms with E-state index in [0.717, 1.165) is 0 Å². The number of aliphatic hydroxyl groups is 5. The van der Waals surface area contributed by atoms with Crippen LogP contribution in [0.3, 0.4) is 0 Å². The molecule has 1 spiro atoms. The third kappa shape index (κ3) is 1.92. The van der Waals surface area contributed by atoms with Crippen LogP contribution < -0.4 is 0 Å². The number of fused-ring (bicyclic) bond motifs is 2. The van der Waals surface area contributed by atoms with Crippen LogP contribution >= 0.6 is 0 Å². The largest absolute Gasteiger partial charge is 0.392 e.